The van der Waals surface area contributed by atoms with E-state index in [1.54, 1.807) is 18.2 Å². The van der Waals surface area contributed by atoms with Gasteiger partial charge in [0, 0.05) is 11.1 Å². The molecule has 0 atom stereocenters. The number of rotatable bonds is 4. The lowest BCUT2D eigenvalue weighted by atomic mass is 9.98. The van der Waals surface area contributed by atoms with Crippen molar-refractivity contribution < 1.29 is 27.7 Å². The Morgan fingerprint density at radius 1 is 0.905 bits per heavy atom. The molecule has 0 bridgehead atoms. The molecule has 108 valence electrons. The number of ketones is 1. The second-order valence-electron chi connectivity index (χ2n) is 4.18. The minimum atomic E-state index is -4.53. The first kappa shape index (κ1) is 14.9. The highest BCUT2D eigenvalue weighted by Gasteiger charge is 2.21. The number of carboxylic acids is 1. The van der Waals surface area contributed by atoms with E-state index in [0.29, 0.717) is 0 Å². The van der Waals surface area contributed by atoms with E-state index < -0.39 is 26.8 Å². The third kappa shape index (κ3) is 3.15. The van der Waals surface area contributed by atoms with Crippen LogP contribution in [0.25, 0.3) is 0 Å². The standard InChI is InChI=1S/C14H10O6S/c15-13(9-4-2-1-3-5-9)12-8-10(21(18,19)20)6-7-11(12)14(16)17/h1-8H,(H,16,17)(H,18,19,20). The number of carbonyl (C=O) groups is 2. The maximum Gasteiger partial charge on any atom is 0.336 e. The van der Waals surface area contributed by atoms with Gasteiger partial charge in [-0.05, 0) is 18.2 Å². The fourth-order valence-corrected chi connectivity index (χ4v) is 2.31. The van der Waals surface area contributed by atoms with Crippen LogP contribution >= 0.6 is 0 Å². The van der Waals surface area contributed by atoms with Crippen LogP contribution in [0, 0.1) is 0 Å². The smallest absolute Gasteiger partial charge is 0.336 e. The van der Waals surface area contributed by atoms with Crippen LogP contribution in [0.2, 0.25) is 0 Å². The Labute approximate surface area is 120 Å². The number of hydrogen-bond acceptors (Lipinski definition) is 4. The highest BCUT2D eigenvalue weighted by molar-refractivity contribution is 7.85. The third-order valence-electron chi connectivity index (χ3n) is 2.80. The molecule has 0 saturated carbocycles. The Bertz CT molecular complexity index is 809. The van der Waals surface area contributed by atoms with Gasteiger partial charge in [-0.3, -0.25) is 9.35 Å². The van der Waals surface area contributed by atoms with Crippen LogP contribution in [0.15, 0.2) is 53.4 Å². The molecule has 0 unspecified atom stereocenters. The summed E-state index contributed by atoms with van der Waals surface area (Å²) in [5, 5.41) is 9.09. The lowest BCUT2D eigenvalue weighted by Crippen LogP contribution is -2.11. The minimum Gasteiger partial charge on any atom is -0.478 e. The predicted molar refractivity (Wildman–Crippen MR) is 73.1 cm³/mol. The largest absolute Gasteiger partial charge is 0.478 e. The molecule has 0 aliphatic carbocycles. The van der Waals surface area contributed by atoms with E-state index in [-0.39, 0.29) is 16.7 Å². The molecule has 7 heteroatoms. The van der Waals surface area contributed by atoms with Crippen molar-refractivity contribution in [2.75, 3.05) is 0 Å². The summed E-state index contributed by atoms with van der Waals surface area (Å²) < 4.78 is 31.3. The zero-order valence-electron chi connectivity index (χ0n) is 10.6. The van der Waals surface area contributed by atoms with Gasteiger partial charge < -0.3 is 5.11 Å². The van der Waals surface area contributed by atoms with Gasteiger partial charge in [0.25, 0.3) is 10.1 Å². The average molecular weight is 306 g/mol. The van der Waals surface area contributed by atoms with Crippen LogP contribution in [0.4, 0.5) is 0 Å². The van der Waals surface area contributed by atoms with Crippen molar-refractivity contribution in [1.29, 1.82) is 0 Å². The van der Waals surface area contributed by atoms with Gasteiger partial charge in [0.05, 0.1) is 10.5 Å². The van der Waals surface area contributed by atoms with Crippen molar-refractivity contribution >= 4 is 21.9 Å². The quantitative estimate of drug-likeness (QED) is 0.659. The molecular weight excluding hydrogens is 296 g/mol. The van der Waals surface area contributed by atoms with E-state index in [4.69, 9.17) is 9.66 Å². The van der Waals surface area contributed by atoms with Crippen molar-refractivity contribution in [2.45, 2.75) is 4.90 Å². The normalized spacial score (nSPS) is 11.1. The molecule has 0 spiro atoms. The fraction of sp³-hybridized carbons (Fsp3) is 0. The van der Waals surface area contributed by atoms with Crippen molar-refractivity contribution in [3.8, 4) is 0 Å². The lowest BCUT2D eigenvalue weighted by molar-refractivity contribution is 0.0692. The number of benzene rings is 2. The van der Waals surface area contributed by atoms with Crippen molar-refractivity contribution in [2.24, 2.45) is 0 Å². The predicted octanol–water partition coefficient (Wildman–Crippen LogP) is 1.86. The van der Waals surface area contributed by atoms with Crippen LogP contribution in [0.3, 0.4) is 0 Å². The first-order chi connectivity index (χ1) is 9.80. The maximum absolute atomic E-state index is 12.3. The molecule has 0 radical (unpaired) electrons. The van der Waals surface area contributed by atoms with E-state index in [0.717, 1.165) is 18.2 Å². The SMILES string of the molecule is O=C(O)c1ccc(S(=O)(=O)O)cc1C(=O)c1ccccc1. The Morgan fingerprint density at radius 3 is 2.05 bits per heavy atom. The van der Waals surface area contributed by atoms with E-state index in [1.165, 1.54) is 12.1 Å². The molecule has 2 aromatic carbocycles. The zero-order chi connectivity index (χ0) is 15.6. The van der Waals surface area contributed by atoms with E-state index >= 15 is 0 Å². The Kier molecular flexibility index (Phi) is 3.88. The molecule has 0 aliphatic heterocycles. The van der Waals surface area contributed by atoms with Crippen LogP contribution in [0.1, 0.15) is 26.3 Å². The van der Waals surface area contributed by atoms with Gasteiger partial charge in [-0.2, -0.15) is 8.42 Å². The highest BCUT2D eigenvalue weighted by Crippen LogP contribution is 2.19. The van der Waals surface area contributed by atoms with Crippen molar-refractivity contribution in [3.05, 3.63) is 65.2 Å². The molecule has 2 rings (SSSR count). The summed E-state index contributed by atoms with van der Waals surface area (Å²) in [6.07, 6.45) is 0. The van der Waals surface area contributed by atoms with Gasteiger partial charge in [0.2, 0.25) is 0 Å². The second-order valence-corrected chi connectivity index (χ2v) is 5.60. The number of hydrogen-bond donors (Lipinski definition) is 2. The first-order valence-electron chi connectivity index (χ1n) is 5.75. The van der Waals surface area contributed by atoms with Gasteiger partial charge in [-0.15, -0.1) is 0 Å². The molecule has 6 nitrogen and oxygen atoms in total. The number of carbonyl (C=O) groups excluding carboxylic acids is 1. The van der Waals surface area contributed by atoms with Crippen LogP contribution < -0.4 is 0 Å². The molecule has 0 aromatic heterocycles. The fourth-order valence-electron chi connectivity index (χ4n) is 1.80. The first-order valence-corrected chi connectivity index (χ1v) is 7.19. The van der Waals surface area contributed by atoms with Crippen molar-refractivity contribution in [3.63, 3.8) is 0 Å². The zero-order valence-corrected chi connectivity index (χ0v) is 11.4. The summed E-state index contributed by atoms with van der Waals surface area (Å²) in [4.78, 5) is 22.9. The third-order valence-corrected chi connectivity index (χ3v) is 3.65. The topological polar surface area (TPSA) is 109 Å². The Morgan fingerprint density at radius 2 is 1.52 bits per heavy atom. The van der Waals surface area contributed by atoms with Crippen LogP contribution in [-0.2, 0) is 10.1 Å². The molecule has 21 heavy (non-hydrogen) atoms. The summed E-state index contributed by atoms with van der Waals surface area (Å²) in [5.41, 5.74) is -0.424. The average Bonchev–Trinajstić information content (AvgIpc) is 2.45. The highest BCUT2D eigenvalue weighted by atomic mass is 32.2. The van der Waals surface area contributed by atoms with E-state index in [2.05, 4.69) is 0 Å². The summed E-state index contributed by atoms with van der Waals surface area (Å²) in [7, 11) is -4.53. The van der Waals surface area contributed by atoms with Gasteiger partial charge in [0.1, 0.15) is 0 Å². The summed E-state index contributed by atoms with van der Waals surface area (Å²) >= 11 is 0. The second kappa shape index (κ2) is 5.47. The minimum absolute atomic E-state index is 0.215. The molecule has 0 fully saturated rings. The molecule has 0 saturated heterocycles. The summed E-state index contributed by atoms with van der Waals surface area (Å²) in [6, 6.07) is 10.6. The number of carboxylic acid groups (broad SMARTS) is 1. The van der Waals surface area contributed by atoms with Gasteiger partial charge in [-0.1, -0.05) is 30.3 Å². The van der Waals surface area contributed by atoms with Gasteiger partial charge in [0.15, 0.2) is 5.78 Å². The lowest BCUT2D eigenvalue weighted by Gasteiger charge is -2.07. The molecule has 0 heterocycles. The number of aromatic carboxylic acids is 1. The summed E-state index contributed by atoms with van der Waals surface area (Å²) in [6.45, 7) is 0. The van der Waals surface area contributed by atoms with Crippen molar-refractivity contribution in [1.82, 2.24) is 0 Å². The van der Waals surface area contributed by atoms with Crippen LogP contribution in [0.5, 0.6) is 0 Å². The molecule has 0 aliphatic rings. The molecule has 2 N–H and O–H groups in total. The Hall–Kier alpha value is -2.51. The summed E-state index contributed by atoms with van der Waals surface area (Å²) in [5.74, 6) is -2.00. The van der Waals surface area contributed by atoms with Gasteiger partial charge >= 0.3 is 5.97 Å². The Balaban J connectivity index is 2.65. The van der Waals surface area contributed by atoms with Crippen LogP contribution in [-0.4, -0.2) is 29.8 Å². The van der Waals surface area contributed by atoms with Gasteiger partial charge in [-0.25, -0.2) is 4.79 Å². The van der Waals surface area contributed by atoms with E-state index in [1.807, 2.05) is 0 Å². The maximum atomic E-state index is 12.3. The van der Waals surface area contributed by atoms with E-state index in [9.17, 15) is 18.0 Å². The molecule has 2 aromatic rings. The molecular formula is C14H10O6S. The molecule has 0 amide bonds. The monoisotopic (exact) mass is 306 g/mol.